The van der Waals surface area contributed by atoms with Gasteiger partial charge in [-0.15, -0.1) is 0 Å². The Hall–Kier alpha value is -2.53. The molecule has 2 aromatic rings. The van der Waals surface area contributed by atoms with Crippen LogP contribution in [0.3, 0.4) is 0 Å². The van der Waals surface area contributed by atoms with E-state index in [0.29, 0.717) is 6.61 Å². The maximum absolute atomic E-state index is 12.7. The van der Waals surface area contributed by atoms with Gasteiger partial charge in [0.15, 0.2) is 11.5 Å². The van der Waals surface area contributed by atoms with Crippen molar-refractivity contribution in [2.45, 2.75) is 39.2 Å². The molecular weight excluding hydrogens is 388 g/mol. The van der Waals surface area contributed by atoms with Crippen LogP contribution >= 0.6 is 0 Å². The van der Waals surface area contributed by atoms with Gasteiger partial charge < -0.3 is 14.8 Å². The number of hydrogen-bond donors (Lipinski definition) is 1. The summed E-state index contributed by atoms with van der Waals surface area (Å²) < 4.78 is 11.1. The summed E-state index contributed by atoms with van der Waals surface area (Å²) in [6.45, 7) is 6.34. The molecule has 2 fully saturated rings. The van der Waals surface area contributed by atoms with E-state index in [1.54, 1.807) is 7.11 Å². The maximum Gasteiger partial charge on any atom is 0.223 e. The minimum atomic E-state index is 0.205. The van der Waals surface area contributed by atoms with Gasteiger partial charge in [0, 0.05) is 19.0 Å². The van der Waals surface area contributed by atoms with Crippen LogP contribution in [0.2, 0.25) is 0 Å². The van der Waals surface area contributed by atoms with E-state index in [-0.39, 0.29) is 17.2 Å². The fourth-order valence-corrected chi connectivity index (χ4v) is 4.87. The zero-order chi connectivity index (χ0) is 21.7. The highest BCUT2D eigenvalue weighted by molar-refractivity contribution is 5.82. The average Bonchev–Trinajstić information content (AvgIpc) is 3.50. The standard InChI is InChI=1S/C26H34N2O3/c1-3-31-24-17-21(9-10-23(24)30-2)19-28-15-12-26(13-16-28)18-22(26)25(29)27-14-11-20-7-5-4-6-8-20/h4-10,17,22H,3,11-16,18-19H2,1-2H3,(H,27,29)/t22-/m1/s1. The van der Waals surface area contributed by atoms with E-state index in [4.69, 9.17) is 9.47 Å². The molecule has 1 spiro atoms. The van der Waals surface area contributed by atoms with E-state index in [1.165, 1.54) is 11.1 Å². The quantitative estimate of drug-likeness (QED) is 0.662. The third-order valence-corrected chi connectivity index (χ3v) is 6.85. The fraction of sp³-hybridized carbons (Fsp3) is 0.500. The normalized spacial score (nSPS) is 19.7. The predicted octanol–water partition coefficient (Wildman–Crippen LogP) is 4.05. The molecule has 2 aliphatic rings. The van der Waals surface area contributed by atoms with Gasteiger partial charge in [0.25, 0.3) is 0 Å². The Kier molecular flexibility index (Phi) is 6.81. The zero-order valence-corrected chi connectivity index (χ0v) is 18.7. The first-order valence-corrected chi connectivity index (χ1v) is 11.5. The van der Waals surface area contributed by atoms with Crippen molar-refractivity contribution in [3.8, 4) is 11.5 Å². The van der Waals surface area contributed by atoms with Crippen molar-refractivity contribution < 1.29 is 14.3 Å². The Morgan fingerprint density at radius 3 is 2.58 bits per heavy atom. The second-order valence-electron chi connectivity index (χ2n) is 8.84. The highest BCUT2D eigenvalue weighted by atomic mass is 16.5. The first-order chi connectivity index (χ1) is 15.1. The smallest absolute Gasteiger partial charge is 0.223 e. The second kappa shape index (κ2) is 9.73. The molecule has 1 heterocycles. The fourth-order valence-electron chi connectivity index (χ4n) is 4.87. The van der Waals surface area contributed by atoms with Gasteiger partial charge in [0.2, 0.25) is 5.91 Å². The molecule has 1 saturated heterocycles. The lowest BCUT2D eigenvalue weighted by Gasteiger charge is -2.33. The van der Waals surface area contributed by atoms with E-state index in [9.17, 15) is 4.79 Å². The molecular formula is C26H34N2O3. The van der Waals surface area contributed by atoms with Crippen LogP contribution in [-0.4, -0.2) is 44.2 Å². The lowest BCUT2D eigenvalue weighted by atomic mass is 9.90. The number of hydrogen-bond acceptors (Lipinski definition) is 4. The van der Waals surface area contributed by atoms with Crippen LogP contribution in [0, 0.1) is 11.3 Å². The molecule has 1 N–H and O–H groups in total. The molecule has 166 valence electrons. The molecule has 1 amide bonds. The number of nitrogens with zero attached hydrogens (tertiary/aromatic N) is 1. The number of likely N-dealkylation sites (tertiary alicyclic amines) is 1. The molecule has 1 aliphatic heterocycles. The monoisotopic (exact) mass is 422 g/mol. The van der Waals surface area contributed by atoms with Crippen molar-refractivity contribution in [2.75, 3.05) is 33.4 Å². The number of carbonyl (C=O) groups excluding carboxylic acids is 1. The van der Waals surface area contributed by atoms with Crippen molar-refractivity contribution in [2.24, 2.45) is 11.3 Å². The minimum absolute atomic E-state index is 0.205. The number of piperidine rings is 1. The summed E-state index contributed by atoms with van der Waals surface area (Å²) in [6.07, 6.45) is 4.16. The van der Waals surface area contributed by atoms with Gasteiger partial charge in [-0.1, -0.05) is 36.4 Å². The topological polar surface area (TPSA) is 50.8 Å². The average molecular weight is 423 g/mol. The molecule has 1 aliphatic carbocycles. The SMILES string of the molecule is CCOc1cc(CN2CCC3(CC2)C[C@@H]3C(=O)NCCc2ccccc2)ccc1OC. The molecule has 0 unspecified atom stereocenters. The number of amides is 1. The van der Waals surface area contributed by atoms with Gasteiger partial charge >= 0.3 is 0 Å². The first kappa shape index (κ1) is 21.7. The van der Waals surface area contributed by atoms with Gasteiger partial charge in [-0.05, 0) is 74.4 Å². The van der Waals surface area contributed by atoms with Gasteiger partial charge in [-0.25, -0.2) is 0 Å². The number of ether oxygens (including phenoxy) is 2. The van der Waals surface area contributed by atoms with E-state index in [1.807, 2.05) is 31.2 Å². The highest BCUT2D eigenvalue weighted by Gasteiger charge is 2.58. The van der Waals surface area contributed by atoms with Crippen molar-refractivity contribution in [1.82, 2.24) is 10.2 Å². The summed E-state index contributed by atoms with van der Waals surface area (Å²) in [5.74, 6) is 2.05. The summed E-state index contributed by atoms with van der Waals surface area (Å²) in [5, 5.41) is 3.17. The first-order valence-electron chi connectivity index (χ1n) is 11.5. The zero-order valence-electron chi connectivity index (χ0n) is 18.7. The highest BCUT2D eigenvalue weighted by Crippen LogP contribution is 2.59. The molecule has 31 heavy (non-hydrogen) atoms. The van der Waals surface area contributed by atoms with E-state index in [0.717, 1.165) is 63.4 Å². The largest absolute Gasteiger partial charge is 0.493 e. The van der Waals surface area contributed by atoms with Gasteiger partial charge in [-0.3, -0.25) is 9.69 Å². The second-order valence-corrected chi connectivity index (χ2v) is 8.84. The Balaban J connectivity index is 1.23. The molecule has 0 aromatic heterocycles. The van der Waals surface area contributed by atoms with E-state index < -0.39 is 0 Å². The van der Waals surface area contributed by atoms with E-state index >= 15 is 0 Å². The number of nitrogens with one attached hydrogen (secondary N) is 1. The summed E-state index contributed by atoms with van der Waals surface area (Å²) >= 11 is 0. The van der Waals surface area contributed by atoms with Gasteiger partial charge in [0.1, 0.15) is 0 Å². The third kappa shape index (κ3) is 5.21. The van der Waals surface area contributed by atoms with Crippen LogP contribution < -0.4 is 14.8 Å². The van der Waals surface area contributed by atoms with Crippen LogP contribution in [0.5, 0.6) is 11.5 Å². The summed E-state index contributed by atoms with van der Waals surface area (Å²) in [7, 11) is 1.67. The molecule has 1 saturated carbocycles. The molecule has 5 nitrogen and oxygen atoms in total. The van der Waals surface area contributed by atoms with Crippen molar-refractivity contribution in [3.63, 3.8) is 0 Å². The summed E-state index contributed by atoms with van der Waals surface area (Å²) in [4.78, 5) is 15.1. The lowest BCUT2D eigenvalue weighted by Crippen LogP contribution is -2.37. The van der Waals surface area contributed by atoms with Gasteiger partial charge in [0.05, 0.1) is 13.7 Å². The Morgan fingerprint density at radius 2 is 1.87 bits per heavy atom. The number of benzene rings is 2. The van der Waals surface area contributed by atoms with Gasteiger partial charge in [-0.2, -0.15) is 0 Å². The number of methoxy groups -OCH3 is 1. The van der Waals surface area contributed by atoms with Crippen molar-refractivity contribution in [1.29, 1.82) is 0 Å². The summed E-state index contributed by atoms with van der Waals surface area (Å²) in [6, 6.07) is 16.5. The maximum atomic E-state index is 12.7. The predicted molar refractivity (Wildman–Crippen MR) is 122 cm³/mol. The Morgan fingerprint density at radius 1 is 1.10 bits per heavy atom. The minimum Gasteiger partial charge on any atom is -0.493 e. The van der Waals surface area contributed by atoms with E-state index in [2.05, 4.69) is 34.5 Å². The number of rotatable bonds is 9. The van der Waals surface area contributed by atoms with Crippen LogP contribution in [0.1, 0.15) is 37.3 Å². The lowest BCUT2D eigenvalue weighted by molar-refractivity contribution is -0.123. The van der Waals surface area contributed by atoms with Crippen LogP contribution in [0.4, 0.5) is 0 Å². The molecule has 5 heteroatoms. The Labute approximate surface area is 185 Å². The molecule has 1 atom stereocenters. The molecule has 4 rings (SSSR count). The van der Waals surface area contributed by atoms with Crippen molar-refractivity contribution >= 4 is 5.91 Å². The van der Waals surface area contributed by atoms with Crippen LogP contribution in [-0.2, 0) is 17.8 Å². The molecule has 2 aromatic carbocycles. The molecule has 0 bridgehead atoms. The molecule has 0 radical (unpaired) electrons. The number of carbonyl (C=O) groups is 1. The van der Waals surface area contributed by atoms with Crippen molar-refractivity contribution in [3.05, 3.63) is 59.7 Å². The van der Waals surface area contributed by atoms with Crippen LogP contribution in [0.25, 0.3) is 0 Å². The van der Waals surface area contributed by atoms with Crippen LogP contribution in [0.15, 0.2) is 48.5 Å². The third-order valence-electron chi connectivity index (χ3n) is 6.85. The Bertz CT molecular complexity index is 875. The summed E-state index contributed by atoms with van der Waals surface area (Å²) in [5.41, 5.74) is 2.75.